The number of hydrogen-bond acceptors (Lipinski definition) is 4. The Morgan fingerprint density at radius 3 is 2.24 bits per heavy atom. The molecule has 0 bridgehead atoms. The quantitative estimate of drug-likeness (QED) is 0.667. The van der Waals surface area contributed by atoms with Crippen molar-refractivity contribution in [3.8, 4) is 0 Å². The predicted molar refractivity (Wildman–Crippen MR) is 76.4 cm³/mol. The Morgan fingerprint density at radius 2 is 1.67 bits per heavy atom. The van der Waals surface area contributed by atoms with Gasteiger partial charge in [0.15, 0.2) is 0 Å². The Hall–Kier alpha value is -1.47. The molecule has 0 atom stereocenters. The van der Waals surface area contributed by atoms with E-state index in [1.807, 2.05) is 24.3 Å². The second kappa shape index (κ2) is 7.00. The van der Waals surface area contributed by atoms with Crippen molar-refractivity contribution in [1.29, 1.82) is 0 Å². The smallest absolute Gasteiger partial charge is 0.399 e. The first kappa shape index (κ1) is 15.9. The van der Waals surface area contributed by atoms with Crippen LogP contribution in [0.5, 0.6) is 0 Å². The molecule has 7 heteroatoms. The van der Waals surface area contributed by atoms with Crippen LogP contribution in [0.3, 0.4) is 0 Å². The maximum Gasteiger partial charge on any atom is 0.411 e. The van der Waals surface area contributed by atoms with Crippen molar-refractivity contribution >= 4 is 11.4 Å². The molecule has 1 heterocycles. The minimum atomic E-state index is -4.24. The molecule has 118 valence electrons. The molecule has 0 aromatic heterocycles. The van der Waals surface area contributed by atoms with Crippen molar-refractivity contribution in [3.63, 3.8) is 0 Å². The van der Waals surface area contributed by atoms with Crippen molar-refractivity contribution in [2.45, 2.75) is 6.18 Å². The lowest BCUT2D eigenvalue weighted by Gasteiger charge is -2.36. The number of piperazine rings is 1. The molecule has 1 saturated heterocycles. The first-order valence-corrected chi connectivity index (χ1v) is 6.91. The van der Waals surface area contributed by atoms with Crippen LogP contribution in [-0.4, -0.2) is 57.0 Å². The zero-order valence-electron chi connectivity index (χ0n) is 11.8. The molecule has 0 aliphatic carbocycles. The van der Waals surface area contributed by atoms with Crippen LogP contribution in [0.25, 0.3) is 0 Å². The summed E-state index contributed by atoms with van der Waals surface area (Å²) in [6.07, 6.45) is -4.24. The molecule has 0 radical (unpaired) electrons. The third-order valence-electron chi connectivity index (χ3n) is 3.45. The van der Waals surface area contributed by atoms with Gasteiger partial charge < -0.3 is 15.4 Å². The number of benzene rings is 1. The molecule has 0 unspecified atom stereocenters. The highest BCUT2D eigenvalue weighted by Crippen LogP contribution is 2.18. The summed E-state index contributed by atoms with van der Waals surface area (Å²) in [7, 11) is 0. The van der Waals surface area contributed by atoms with Crippen LogP contribution in [0.15, 0.2) is 24.3 Å². The first-order chi connectivity index (χ1) is 9.94. The Morgan fingerprint density at radius 1 is 1.05 bits per heavy atom. The highest BCUT2D eigenvalue weighted by molar-refractivity contribution is 5.53. The van der Waals surface area contributed by atoms with Crippen molar-refractivity contribution in [3.05, 3.63) is 24.3 Å². The lowest BCUT2D eigenvalue weighted by molar-refractivity contribution is -0.174. The van der Waals surface area contributed by atoms with E-state index in [1.54, 1.807) is 0 Å². The Labute approximate surface area is 122 Å². The zero-order valence-corrected chi connectivity index (χ0v) is 11.8. The number of anilines is 2. The van der Waals surface area contributed by atoms with Gasteiger partial charge in [-0.3, -0.25) is 4.90 Å². The van der Waals surface area contributed by atoms with Gasteiger partial charge in [0.25, 0.3) is 0 Å². The molecule has 0 spiro atoms. The normalized spacial score (nSPS) is 17.2. The molecular formula is C14H20F3N3O. The fraction of sp³-hybridized carbons (Fsp3) is 0.571. The highest BCUT2D eigenvalue weighted by Gasteiger charge is 2.27. The maximum atomic E-state index is 11.9. The fourth-order valence-corrected chi connectivity index (χ4v) is 2.30. The number of halogens is 3. The van der Waals surface area contributed by atoms with Crippen molar-refractivity contribution in [2.24, 2.45) is 0 Å². The van der Waals surface area contributed by atoms with E-state index in [4.69, 9.17) is 5.73 Å². The van der Waals surface area contributed by atoms with Gasteiger partial charge in [-0.25, -0.2) is 0 Å². The fourth-order valence-electron chi connectivity index (χ4n) is 2.30. The molecule has 4 nitrogen and oxygen atoms in total. The molecule has 2 N–H and O–H groups in total. The van der Waals surface area contributed by atoms with Gasteiger partial charge >= 0.3 is 6.18 Å². The van der Waals surface area contributed by atoms with Crippen LogP contribution in [0.1, 0.15) is 0 Å². The number of hydrogen-bond donors (Lipinski definition) is 1. The zero-order chi connectivity index (χ0) is 15.3. The Kier molecular flexibility index (Phi) is 5.30. The monoisotopic (exact) mass is 303 g/mol. The van der Waals surface area contributed by atoms with E-state index in [1.165, 1.54) is 0 Å². The van der Waals surface area contributed by atoms with E-state index in [0.717, 1.165) is 37.6 Å². The summed E-state index contributed by atoms with van der Waals surface area (Å²) in [6.45, 7) is 2.82. The van der Waals surface area contributed by atoms with E-state index in [0.29, 0.717) is 6.54 Å². The highest BCUT2D eigenvalue weighted by atomic mass is 19.4. The van der Waals surface area contributed by atoms with E-state index in [9.17, 15) is 13.2 Å². The molecule has 1 aromatic carbocycles. The SMILES string of the molecule is Nc1ccc(N2CCN(CCOCC(F)(F)F)CC2)cc1. The van der Waals surface area contributed by atoms with E-state index >= 15 is 0 Å². The van der Waals surface area contributed by atoms with E-state index < -0.39 is 12.8 Å². The van der Waals surface area contributed by atoms with Gasteiger partial charge in [0.1, 0.15) is 6.61 Å². The average Bonchev–Trinajstić information content (AvgIpc) is 2.44. The number of alkyl halides is 3. The number of nitrogens with zero attached hydrogens (tertiary/aromatic N) is 2. The molecule has 0 amide bonds. The average molecular weight is 303 g/mol. The molecular weight excluding hydrogens is 283 g/mol. The molecule has 2 rings (SSSR count). The van der Waals surface area contributed by atoms with Gasteiger partial charge in [-0.1, -0.05) is 0 Å². The van der Waals surface area contributed by atoms with Crippen molar-refractivity contribution < 1.29 is 17.9 Å². The number of nitrogen functional groups attached to an aromatic ring is 1. The molecule has 1 aliphatic heterocycles. The third-order valence-corrected chi connectivity index (χ3v) is 3.45. The van der Waals surface area contributed by atoms with Crippen LogP contribution in [0, 0.1) is 0 Å². The molecule has 1 aromatic rings. The van der Waals surface area contributed by atoms with E-state index in [2.05, 4.69) is 14.5 Å². The summed E-state index contributed by atoms with van der Waals surface area (Å²) in [5.74, 6) is 0. The standard InChI is InChI=1S/C14H20F3N3O/c15-14(16,17)11-21-10-9-19-5-7-20(8-6-19)13-3-1-12(18)2-4-13/h1-4H,5-11,18H2. The van der Waals surface area contributed by atoms with E-state index in [-0.39, 0.29) is 6.61 Å². The predicted octanol–water partition coefficient (Wildman–Crippen LogP) is 1.97. The molecule has 1 fully saturated rings. The van der Waals surface area contributed by atoms with Crippen LogP contribution in [0.2, 0.25) is 0 Å². The summed E-state index contributed by atoms with van der Waals surface area (Å²) in [6, 6.07) is 7.70. The molecule has 1 aliphatic rings. The summed E-state index contributed by atoms with van der Waals surface area (Å²) in [5.41, 5.74) is 7.51. The van der Waals surface area contributed by atoms with Gasteiger partial charge in [0.2, 0.25) is 0 Å². The Bertz CT molecular complexity index is 428. The van der Waals surface area contributed by atoms with Gasteiger partial charge in [-0.2, -0.15) is 13.2 Å². The van der Waals surface area contributed by atoms with Crippen LogP contribution >= 0.6 is 0 Å². The summed E-state index contributed by atoms with van der Waals surface area (Å²) in [5, 5.41) is 0. The lowest BCUT2D eigenvalue weighted by Crippen LogP contribution is -2.47. The van der Waals surface area contributed by atoms with Gasteiger partial charge in [0, 0.05) is 44.1 Å². The van der Waals surface area contributed by atoms with Crippen LogP contribution in [0.4, 0.5) is 24.5 Å². The first-order valence-electron chi connectivity index (χ1n) is 6.91. The van der Waals surface area contributed by atoms with Gasteiger partial charge in [-0.15, -0.1) is 0 Å². The summed E-state index contributed by atoms with van der Waals surface area (Å²) >= 11 is 0. The number of nitrogens with two attached hydrogens (primary N) is 1. The van der Waals surface area contributed by atoms with Gasteiger partial charge in [0.05, 0.1) is 6.61 Å². The number of ether oxygens (including phenoxy) is 1. The minimum Gasteiger partial charge on any atom is -0.399 e. The second-order valence-electron chi connectivity index (χ2n) is 5.09. The van der Waals surface area contributed by atoms with Gasteiger partial charge in [-0.05, 0) is 24.3 Å². The number of rotatable bonds is 5. The maximum absolute atomic E-state index is 11.9. The second-order valence-corrected chi connectivity index (χ2v) is 5.09. The minimum absolute atomic E-state index is 0.112. The molecule has 21 heavy (non-hydrogen) atoms. The lowest BCUT2D eigenvalue weighted by atomic mass is 10.2. The molecule has 0 saturated carbocycles. The van der Waals surface area contributed by atoms with Crippen LogP contribution < -0.4 is 10.6 Å². The third kappa shape index (κ3) is 5.43. The summed E-state index contributed by atoms with van der Waals surface area (Å²) in [4.78, 5) is 4.36. The largest absolute Gasteiger partial charge is 0.411 e. The van der Waals surface area contributed by atoms with Crippen molar-refractivity contribution in [1.82, 2.24) is 4.90 Å². The topological polar surface area (TPSA) is 41.7 Å². The Balaban J connectivity index is 1.67. The van der Waals surface area contributed by atoms with Crippen molar-refractivity contribution in [2.75, 3.05) is 56.6 Å². The van der Waals surface area contributed by atoms with Crippen LogP contribution in [-0.2, 0) is 4.74 Å². The summed E-state index contributed by atoms with van der Waals surface area (Å²) < 4.78 is 40.4.